The first kappa shape index (κ1) is 35.0. The quantitative estimate of drug-likeness (QED) is 0.323. The number of aryl methyl sites for hydroxylation is 2. The molecule has 242 valence electrons. The minimum absolute atomic E-state index is 0.0328. The molecule has 0 aliphatic heterocycles. The van der Waals surface area contributed by atoms with E-state index < -0.39 is 16.9 Å². The zero-order chi connectivity index (χ0) is 33.8. The molecule has 0 radical (unpaired) electrons. The molecule has 2 aromatic heterocycles. The van der Waals surface area contributed by atoms with Crippen LogP contribution < -0.4 is 30.6 Å². The van der Waals surface area contributed by atoms with E-state index in [1.807, 2.05) is 58.9 Å². The fourth-order valence-corrected chi connectivity index (χ4v) is 5.62. The van der Waals surface area contributed by atoms with Crippen molar-refractivity contribution in [3.8, 4) is 29.0 Å². The van der Waals surface area contributed by atoms with E-state index in [0.717, 1.165) is 68.7 Å². The topological polar surface area (TPSA) is 115 Å². The van der Waals surface area contributed by atoms with E-state index in [4.69, 9.17) is 4.74 Å². The van der Waals surface area contributed by atoms with Gasteiger partial charge < -0.3 is 19.7 Å². The minimum Gasteiger partial charge on any atom is -0.492 e. The van der Waals surface area contributed by atoms with Crippen molar-refractivity contribution in [3.05, 3.63) is 61.2 Å². The maximum atomic E-state index is 14.3. The Bertz CT molecular complexity index is 1760. The molecule has 3 aromatic rings. The smallest absolute Gasteiger partial charge is 0.280 e. The van der Waals surface area contributed by atoms with Gasteiger partial charge in [0.2, 0.25) is 11.8 Å². The number of unbranched alkanes of at least 4 members (excludes halogenated alkanes) is 1. The summed E-state index contributed by atoms with van der Waals surface area (Å²) in [5.41, 5.74) is 3.05. The highest BCUT2D eigenvalue weighted by atomic mass is 16.5. The average Bonchev–Trinajstić information content (AvgIpc) is 3.35. The second-order valence-electron chi connectivity index (χ2n) is 12.7. The lowest BCUT2D eigenvalue weighted by Gasteiger charge is -2.28. The largest absolute Gasteiger partial charge is 0.492 e. The van der Waals surface area contributed by atoms with Gasteiger partial charge in [-0.2, -0.15) is 9.94 Å². The predicted molar refractivity (Wildman–Crippen MR) is 183 cm³/mol. The molecule has 0 atom stereocenters. The zero-order valence-corrected chi connectivity index (χ0v) is 28.8. The molecule has 9 heteroatoms. The number of nitrogens with zero attached hydrogens (tertiary/aromatic N) is 4. The summed E-state index contributed by atoms with van der Waals surface area (Å²) in [5, 5.41) is 23.1. The summed E-state index contributed by atoms with van der Waals surface area (Å²) in [6, 6.07) is 8.13. The number of carbonyl (C=O) groups excluding carboxylic acids is 1. The molecule has 1 amide bonds. The molecule has 0 unspecified atom stereocenters. The molecule has 0 aliphatic carbocycles. The van der Waals surface area contributed by atoms with Gasteiger partial charge in [-0.15, -0.1) is 0 Å². The highest BCUT2D eigenvalue weighted by Gasteiger charge is 2.29. The number of aromatic amines is 1. The Morgan fingerprint density at radius 2 is 1.71 bits per heavy atom. The van der Waals surface area contributed by atoms with Gasteiger partial charge >= 0.3 is 0 Å². The van der Waals surface area contributed by atoms with Gasteiger partial charge in [0.1, 0.15) is 23.2 Å². The fraction of sp³-hybridized carbons (Fsp3) is 0.472. The lowest BCUT2D eigenvalue weighted by atomic mass is 9.95. The number of H-pyrrole nitrogens is 1. The van der Waals surface area contributed by atoms with Gasteiger partial charge in [-0.05, 0) is 83.4 Å². The number of nitriles is 1. The van der Waals surface area contributed by atoms with E-state index in [2.05, 4.69) is 29.8 Å². The Kier molecular flexibility index (Phi) is 11.0. The number of hydrogen-bond acceptors (Lipinski definition) is 6. The van der Waals surface area contributed by atoms with Crippen LogP contribution in [0.25, 0.3) is 23.4 Å². The van der Waals surface area contributed by atoms with Crippen LogP contribution in [0.4, 0.5) is 5.82 Å². The van der Waals surface area contributed by atoms with Gasteiger partial charge in [0.05, 0.1) is 17.0 Å². The SMILES string of the molecule is CCC/C=c1\c(C#N)c(O)n(N(C)C(=O)C(C)(C)C)c(=O)\c1=C/c1cc(N(CC)CC)[nH]c1-c1c(C)cc(OC(C)C)cc1C. The first-order chi connectivity index (χ1) is 21.1. The summed E-state index contributed by atoms with van der Waals surface area (Å²) in [4.78, 5) is 33.4. The number of carbonyl (C=O) groups is 1. The predicted octanol–water partition coefficient (Wildman–Crippen LogP) is 5.22. The summed E-state index contributed by atoms with van der Waals surface area (Å²) < 4.78 is 6.90. The van der Waals surface area contributed by atoms with E-state index in [1.54, 1.807) is 26.8 Å². The summed E-state index contributed by atoms with van der Waals surface area (Å²) >= 11 is 0. The molecule has 9 nitrogen and oxygen atoms in total. The summed E-state index contributed by atoms with van der Waals surface area (Å²) in [5.74, 6) is 0.725. The van der Waals surface area contributed by atoms with Crippen LogP contribution in [0.5, 0.6) is 11.6 Å². The van der Waals surface area contributed by atoms with Crippen LogP contribution in [0.15, 0.2) is 23.0 Å². The number of nitrogens with one attached hydrogen (secondary N) is 1. The summed E-state index contributed by atoms with van der Waals surface area (Å²) in [6.07, 6.45) is 4.99. The lowest BCUT2D eigenvalue weighted by molar-refractivity contribution is -0.127. The molecule has 1 aromatic carbocycles. The number of aromatic nitrogens is 2. The van der Waals surface area contributed by atoms with Crippen LogP contribution in [0.3, 0.4) is 0 Å². The van der Waals surface area contributed by atoms with E-state index in [0.29, 0.717) is 11.6 Å². The van der Waals surface area contributed by atoms with E-state index in [-0.39, 0.29) is 22.8 Å². The number of benzene rings is 1. The molecule has 3 rings (SSSR count). The third-order valence-electron chi connectivity index (χ3n) is 7.76. The molecular weight excluding hydrogens is 566 g/mol. The van der Waals surface area contributed by atoms with Gasteiger partial charge in [0.25, 0.3) is 5.56 Å². The van der Waals surface area contributed by atoms with Crippen LogP contribution >= 0.6 is 0 Å². The van der Waals surface area contributed by atoms with Gasteiger partial charge in [0, 0.05) is 41.9 Å². The van der Waals surface area contributed by atoms with Gasteiger partial charge in [0.15, 0.2) is 0 Å². The van der Waals surface area contributed by atoms with E-state index >= 15 is 0 Å². The number of pyridine rings is 1. The maximum Gasteiger partial charge on any atom is 0.280 e. The van der Waals surface area contributed by atoms with Crippen LogP contribution in [-0.4, -0.2) is 46.9 Å². The first-order valence-electron chi connectivity index (χ1n) is 15.8. The van der Waals surface area contributed by atoms with Gasteiger partial charge in [-0.3, -0.25) is 9.59 Å². The van der Waals surface area contributed by atoms with Gasteiger partial charge in [-0.1, -0.05) is 40.2 Å². The molecule has 2 N–H and O–H groups in total. The lowest BCUT2D eigenvalue weighted by Crippen LogP contribution is -2.55. The van der Waals surface area contributed by atoms with Crippen molar-refractivity contribution < 1.29 is 14.6 Å². The minimum atomic E-state index is -0.836. The third kappa shape index (κ3) is 7.28. The first-order valence-corrected chi connectivity index (χ1v) is 15.8. The molecular formula is C36H49N5O4. The molecule has 0 aliphatic rings. The van der Waals surface area contributed by atoms with Crippen molar-refractivity contribution in [2.75, 3.05) is 30.0 Å². The molecule has 0 saturated carbocycles. The Morgan fingerprint density at radius 1 is 1.11 bits per heavy atom. The maximum absolute atomic E-state index is 14.3. The fourth-order valence-electron chi connectivity index (χ4n) is 5.62. The molecule has 45 heavy (non-hydrogen) atoms. The van der Waals surface area contributed by atoms with Crippen molar-refractivity contribution in [1.82, 2.24) is 9.66 Å². The van der Waals surface area contributed by atoms with Crippen molar-refractivity contribution in [1.29, 1.82) is 5.26 Å². The average molecular weight is 616 g/mol. The normalized spacial score (nSPS) is 12.5. The second-order valence-corrected chi connectivity index (χ2v) is 12.7. The molecule has 0 bridgehead atoms. The van der Waals surface area contributed by atoms with Crippen molar-refractivity contribution in [2.24, 2.45) is 5.41 Å². The number of hydrogen-bond donors (Lipinski definition) is 2. The molecule has 2 heterocycles. The number of amides is 1. The number of anilines is 1. The molecule has 0 spiro atoms. The Balaban J connectivity index is 2.54. The second kappa shape index (κ2) is 14.1. The monoisotopic (exact) mass is 615 g/mol. The number of rotatable bonds is 10. The van der Waals surface area contributed by atoms with Crippen LogP contribution in [0.1, 0.15) is 90.5 Å². The van der Waals surface area contributed by atoms with E-state index in [9.17, 15) is 20.0 Å². The Labute approximate surface area is 267 Å². The Morgan fingerprint density at radius 3 is 2.20 bits per heavy atom. The van der Waals surface area contributed by atoms with E-state index in [1.165, 1.54) is 7.05 Å². The Hall–Kier alpha value is -4.45. The molecule has 0 saturated heterocycles. The highest BCUT2D eigenvalue weighted by Crippen LogP contribution is 2.35. The van der Waals surface area contributed by atoms with Crippen molar-refractivity contribution in [3.63, 3.8) is 0 Å². The van der Waals surface area contributed by atoms with Crippen LogP contribution in [-0.2, 0) is 4.79 Å². The zero-order valence-electron chi connectivity index (χ0n) is 28.8. The standard InChI is InChI=1S/C36H49N5O4/c1-12-15-16-27-28(33(42)41(34(43)29(27)21-37)39(11)35(44)36(8,9)10)19-25-20-30(40(13-2)14-3)38-32(25)31-23(6)17-26(18-24(31)7)45-22(4)5/h16-20,22,38,43H,12-15H2,1-11H3/b27-16-,28-19-. The van der Waals surface area contributed by atoms with Crippen molar-refractivity contribution >= 4 is 23.9 Å². The number of ether oxygens (including phenoxy) is 1. The summed E-state index contributed by atoms with van der Waals surface area (Å²) in [7, 11) is 1.43. The molecule has 0 fully saturated rings. The highest BCUT2D eigenvalue weighted by molar-refractivity contribution is 5.90. The van der Waals surface area contributed by atoms with Crippen LogP contribution in [0, 0.1) is 30.6 Å². The van der Waals surface area contributed by atoms with Crippen LogP contribution in [0.2, 0.25) is 0 Å². The summed E-state index contributed by atoms with van der Waals surface area (Å²) in [6.45, 7) is 21.0. The number of aromatic hydroxyl groups is 1. The van der Waals surface area contributed by atoms with Crippen molar-refractivity contribution in [2.45, 2.75) is 88.2 Å². The van der Waals surface area contributed by atoms with Gasteiger partial charge in [-0.25, -0.2) is 5.01 Å². The third-order valence-corrected chi connectivity index (χ3v) is 7.76.